The molecule has 99 heavy (non-hydrogen) atoms. The van der Waals surface area contributed by atoms with Crippen LogP contribution in [0.15, 0.2) is 247 Å². The normalized spacial score (nSPS) is 11.6. The van der Waals surface area contributed by atoms with E-state index in [-0.39, 0.29) is 78.6 Å². The van der Waals surface area contributed by atoms with Gasteiger partial charge in [-0.2, -0.15) is 0 Å². The van der Waals surface area contributed by atoms with Crippen LogP contribution in [0, 0.1) is 26.7 Å². The van der Waals surface area contributed by atoms with Crippen molar-refractivity contribution >= 4 is 50.4 Å². The van der Waals surface area contributed by atoms with E-state index in [2.05, 4.69) is 0 Å². The van der Waals surface area contributed by atoms with Crippen LogP contribution in [-0.4, -0.2) is 70.6 Å². The van der Waals surface area contributed by atoms with Crippen molar-refractivity contribution in [2.75, 3.05) is 20.3 Å². The van der Waals surface area contributed by atoms with Crippen LogP contribution >= 0.6 is 0 Å². The lowest BCUT2D eigenvalue weighted by Crippen LogP contribution is -2.40. The number of hydrogen-bond donors (Lipinski definition) is 1. The van der Waals surface area contributed by atoms with Gasteiger partial charge < -0.3 is 14.6 Å². The second-order valence-corrected chi connectivity index (χ2v) is 24.0. The Morgan fingerprint density at radius 2 is 0.667 bits per heavy atom. The topological polar surface area (TPSA) is 222 Å². The van der Waals surface area contributed by atoms with E-state index in [1.807, 2.05) is 136 Å². The Bertz CT molecular complexity index is 5240. The molecule has 4 heterocycles. The van der Waals surface area contributed by atoms with Crippen molar-refractivity contribution in [3.63, 3.8) is 0 Å². The zero-order chi connectivity index (χ0) is 67.6. The van der Waals surface area contributed by atoms with Crippen LogP contribution in [0.4, 0.5) is 4.70 Å². The number of benzene rings is 9. The molecule has 0 unspecified atom stereocenters. The summed E-state index contributed by atoms with van der Waals surface area (Å²) in [6.07, 6.45) is 1.34. The van der Waals surface area contributed by atoms with Crippen LogP contribution in [0.5, 0.6) is 0 Å². The van der Waals surface area contributed by atoms with Crippen LogP contribution in [0.2, 0.25) is 0 Å². The molecule has 0 bridgehead atoms. The van der Waals surface area contributed by atoms with Crippen LogP contribution in [0.1, 0.15) is 109 Å². The number of esters is 1. The molecule has 0 radical (unpaired) electrons. The van der Waals surface area contributed by atoms with Gasteiger partial charge >= 0.3 is 29.0 Å². The first-order chi connectivity index (χ1) is 46.4. The first-order valence-electron chi connectivity index (χ1n) is 31.4. The molecule has 1 N–H and O–H groups in total. The molecule has 12 aromatic rings. The number of ketones is 1. The molecule has 1 aliphatic rings. The summed E-state index contributed by atoms with van der Waals surface area (Å²) in [5.74, 6) is -0.869. The van der Waals surface area contributed by atoms with E-state index in [1.54, 1.807) is 105 Å². The summed E-state index contributed by atoms with van der Waals surface area (Å²) in [5.41, 5.74) is 9.46. The maximum Gasteiger partial charge on any atom is 0.337 e. The number of carboxylic acid groups (broad SMARTS) is 1. The molecule has 0 aliphatic carbocycles. The van der Waals surface area contributed by atoms with Gasteiger partial charge in [-0.05, 0) is 121 Å². The van der Waals surface area contributed by atoms with Crippen LogP contribution < -0.4 is 33.7 Å². The SMILES string of the molecule is C.C.COC(=O)c1ccc(Cn2c(=O)c3ccccc3n(Cc3ccc(C)cc3)c2=O)cc1.Cc1ccc(Cn2c(=O)n(Cc3ccc(C(=O)CCC4COC4)cc3)c(=O)c3ccccc32)cc1.Cc1ccc(Cn2c(=O)n(Cc3ccc(C(=O)O)cc3)c(=O)c3ccccc32)cc1.F. The van der Waals surface area contributed by atoms with Gasteiger partial charge in [0, 0.05) is 17.9 Å². The molecule has 1 fully saturated rings. The molecule has 3 aromatic heterocycles. The summed E-state index contributed by atoms with van der Waals surface area (Å²) in [4.78, 5) is 115. The number of aryl methyl sites for hydroxylation is 3. The van der Waals surface area contributed by atoms with Crippen molar-refractivity contribution in [1.29, 1.82) is 0 Å². The number of rotatable bonds is 18. The number of fused-ring (bicyclic) bond motifs is 3. The molecule has 508 valence electrons. The first kappa shape index (κ1) is 73.1. The largest absolute Gasteiger partial charge is 0.478 e. The van der Waals surface area contributed by atoms with Crippen molar-refractivity contribution < 1.29 is 33.7 Å². The fourth-order valence-electron chi connectivity index (χ4n) is 11.5. The van der Waals surface area contributed by atoms with Crippen molar-refractivity contribution in [1.82, 2.24) is 27.4 Å². The zero-order valence-corrected chi connectivity index (χ0v) is 54.0. The summed E-state index contributed by atoms with van der Waals surface area (Å²) in [7, 11) is 1.32. The minimum Gasteiger partial charge on any atom is -0.478 e. The van der Waals surface area contributed by atoms with Gasteiger partial charge in [-0.3, -0.25) is 51.3 Å². The van der Waals surface area contributed by atoms with E-state index in [4.69, 9.17) is 14.6 Å². The summed E-state index contributed by atoms with van der Waals surface area (Å²) in [6, 6.07) is 65.4. The molecule has 1 saturated heterocycles. The summed E-state index contributed by atoms with van der Waals surface area (Å²) < 4.78 is 18.5. The maximum absolute atomic E-state index is 13.5. The van der Waals surface area contributed by atoms with Crippen LogP contribution in [0.3, 0.4) is 0 Å². The van der Waals surface area contributed by atoms with Crippen molar-refractivity contribution in [2.24, 2.45) is 5.92 Å². The number of Topliss-reactive ketones (excluding diaryl/α,β-unsaturated/α-hetero) is 1. The van der Waals surface area contributed by atoms with E-state index in [9.17, 15) is 43.2 Å². The van der Waals surface area contributed by atoms with E-state index in [0.717, 1.165) is 64.1 Å². The number of aromatic carboxylic acids is 1. The lowest BCUT2D eigenvalue weighted by atomic mass is 9.97. The Morgan fingerprint density at radius 1 is 0.394 bits per heavy atom. The molecular weight excluding hydrogens is 1260 g/mol. The fraction of sp³-hybridized carbons (Fsp3) is 0.212. The van der Waals surface area contributed by atoms with Gasteiger partial charge in [0.2, 0.25) is 0 Å². The number of halogens is 1. The molecule has 0 atom stereocenters. The highest BCUT2D eigenvalue weighted by atomic mass is 19.0. The summed E-state index contributed by atoms with van der Waals surface area (Å²) in [5, 5.41) is 10.5. The maximum atomic E-state index is 13.5. The quantitative estimate of drug-likeness (QED) is 0.0626. The minimum absolute atomic E-state index is 0. The monoisotopic (exact) mass is 1330 g/mol. The van der Waals surface area contributed by atoms with Crippen molar-refractivity contribution in [2.45, 2.75) is 87.7 Å². The minimum atomic E-state index is -1.02. The summed E-state index contributed by atoms with van der Waals surface area (Å²) in [6.45, 7) is 8.92. The Balaban J connectivity index is 0.000000187. The number of hydrogen-bond acceptors (Lipinski definition) is 11. The second-order valence-electron chi connectivity index (χ2n) is 24.0. The summed E-state index contributed by atoms with van der Waals surface area (Å²) >= 11 is 0. The molecular formula is C80H79FN6O12. The molecule has 0 spiro atoms. The van der Waals surface area contributed by atoms with Gasteiger partial charge in [0.1, 0.15) is 0 Å². The third-order valence-electron chi connectivity index (χ3n) is 17.1. The number of carbonyl (C=O) groups is 3. The Kier molecular flexibility index (Phi) is 24.2. The molecule has 19 heteroatoms. The highest BCUT2D eigenvalue weighted by Gasteiger charge is 2.21. The second kappa shape index (κ2) is 32.8. The van der Waals surface area contributed by atoms with Crippen LogP contribution in [0.25, 0.3) is 32.7 Å². The number of methoxy groups -OCH3 is 1. The fourth-order valence-corrected chi connectivity index (χ4v) is 11.5. The number of para-hydroxylation sites is 3. The molecule has 0 amide bonds. The van der Waals surface area contributed by atoms with Gasteiger partial charge in [0.25, 0.3) is 16.7 Å². The van der Waals surface area contributed by atoms with Gasteiger partial charge in [-0.25, -0.2) is 24.0 Å². The number of carboxylic acids is 1. The van der Waals surface area contributed by atoms with E-state index >= 15 is 0 Å². The van der Waals surface area contributed by atoms with E-state index < -0.39 is 17.6 Å². The molecule has 13 rings (SSSR count). The van der Waals surface area contributed by atoms with Gasteiger partial charge in [-0.1, -0.05) is 189 Å². The van der Waals surface area contributed by atoms with Crippen LogP contribution in [-0.2, 0) is 48.7 Å². The third-order valence-corrected chi connectivity index (χ3v) is 17.1. The number of aromatic nitrogens is 6. The van der Waals surface area contributed by atoms with E-state index in [1.165, 1.54) is 32.9 Å². The van der Waals surface area contributed by atoms with Gasteiger partial charge in [0.05, 0.1) is 103 Å². The van der Waals surface area contributed by atoms with E-state index in [0.29, 0.717) is 81.4 Å². The number of carbonyl (C=O) groups excluding carboxylic acids is 2. The lowest BCUT2D eigenvalue weighted by Gasteiger charge is -2.25. The molecule has 0 saturated carbocycles. The Hall–Kier alpha value is -11.7. The van der Waals surface area contributed by atoms with Gasteiger partial charge in [0.15, 0.2) is 5.78 Å². The first-order valence-corrected chi connectivity index (χ1v) is 31.4. The number of nitrogens with zero attached hydrogens (tertiary/aromatic N) is 6. The predicted molar refractivity (Wildman–Crippen MR) is 387 cm³/mol. The Labute approximate surface area is 570 Å². The average molecular weight is 1340 g/mol. The number of ether oxygens (including phenoxy) is 2. The molecule has 1 aliphatic heterocycles. The zero-order valence-electron chi connectivity index (χ0n) is 54.0. The molecule has 18 nitrogen and oxygen atoms in total. The Morgan fingerprint density at radius 3 is 0.949 bits per heavy atom. The van der Waals surface area contributed by atoms with Crippen molar-refractivity contribution in [3.8, 4) is 0 Å². The standard InChI is InChI=1S/C29H28N2O4.C25H22N2O4.C24H20N2O4.2CH4.FH/c1-20-6-8-21(9-7-20)16-30-26-5-3-2-4-25(26)28(33)31(29(30)34)17-22-10-13-24(14-11-22)27(32)15-12-23-18-35-19-23;1-17-7-9-18(10-8-17)15-26-22-6-4-3-5-21(22)23(28)27(25(26)30)16-19-11-13-20(14-12-19)24(29)31-2;1-16-6-8-17(9-7-16)14-25-21-5-3-2-4-20(21)22(27)26(24(25)30)15-18-10-12-19(13-11-18)23(28)29;;;/h2-11,13-14,23H,12,15-19H2,1H3;3-14H,15-16H2,1-2H3;2-13H,14-15H2,1H3,(H,28,29);2*1H4;1H. The predicted octanol–water partition coefficient (Wildman–Crippen LogP) is 12.2. The highest BCUT2D eigenvalue weighted by Crippen LogP contribution is 2.20. The lowest BCUT2D eigenvalue weighted by molar-refractivity contribution is -0.0353. The third kappa shape index (κ3) is 16.9. The smallest absolute Gasteiger partial charge is 0.337 e. The highest BCUT2D eigenvalue weighted by molar-refractivity contribution is 5.96. The average Bonchev–Trinajstić information content (AvgIpc) is 0.780. The van der Waals surface area contributed by atoms with Gasteiger partial charge in [-0.15, -0.1) is 0 Å². The molecule has 9 aromatic carbocycles. The van der Waals surface area contributed by atoms with Crippen molar-refractivity contribution in [3.05, 3.63) is 348 Å².